The van der Waals surface area contributed by atoms with Gasteiger partial charge in [-0.05, 0) is 25.2 Å². The van der Waals surface area contributed by atoms with Crippen LogP contribution in [0.5, 0.6) is 0 Å². The van der Waals surface area contributed by atoms with E-state index in [-0.39, 0.29) is 31.1 Å². The normalized spacial score (nSPS) is 11.9. The largest absolute Gasteiger partial charge is 0.462 e. The number of rotatable bonds is 41. The zero-order valence-corrected chi connectivity index (χ0v) is 35.3. The van der Waals surface area contributed by atoms with Crippen LogP contribution in [0.3, 0.4) is 0 Å². The number of ether oxygens (including phenoxy) is 3. The number of esters is 3. The summed E-state index contributed by atoms with van der Waals surface area (Å²) in [5.74, 6) is -0.0238. The lowest BCUT2D eigenvalue weighted by molar-refractivity contribution is -0.167. The lowest BCUT2D eigenvalue weighted by atomic mass is 10.0. The number of carbonyl (C=O) groups excluding carboxylic acids is 3. The topological polar surface area (TPSA) is 78.9 Å². The minimum atomic E-state index is -0.757. The molecule has 0 amide bonds. The molecule has 0 N–H and O–H groups in total. The third kappa shape index (κ3) is 39.6. The van der Waals surface area contributed by atoms with E-state index >= 15 is 0 Å². The molecule has 0 aromatic carbocycles. The maximum absolute atomic E-state index is 12.7. The van der Waals surface area contributed by atoms with Crippen molar-refractivity contribution in [1.82, 2.24) is 0 Å². The SMILES string of the molecule is CCCCCCCCCCCCCCC(=O)OC[C@H](COC(=O)CCCCCCC)OC(=O)CCCCCCCCCCCCCCCCC(C)C. The van der Waals surface area contributed by atoms with Crippen molar-refractivity contribution in [1.29, 1.82) is 0 Å². The molecule has 0 aromatic heterocycles. The molecule has 0 aliphatic rings. The van der Waals surface area contributed by atoms with E-state index in [1.807, 2.05) is 0 Å². The Labute approximate surface area is 323 Å². The molecule has 0 spiro atoms. The van der Waals surface area contributed by atoms with E-state index in [9.17, 15) is 14.4 Å². The van der Waals surface area contributed by atoms with Gasteiger partial charge in [-0.15, -0.1) is 0 Å². The van der Waals surface area contributed by atoms with Crippen molar-refractivity contribution in [2.24, 2.45) is 5.92 Å². The number of carbonyl (C=O) groups is 3. The molecule has 0 saturated heterocycles. The highest BCUT2D eigenvalue weighted by molar-refractivity contribution is 5.71. The second kappa shape index (κ2) is 40.6. The van der Waals surface area contributed by atoms with Gasteiger partial charge >= 0.3 is 17.9 Å². The minimum absolute atomic E-state index is 0.0646. The summed E-state index contributed by atoms with van der Waals surface area (Å²) >= 11 is 0. The van der Waals surface area contributed by atoms with Crippen molar-refractivity contribution < 1.29 is 28.6 Å². The fraction of sp³-hybridized carbons (Fsp3) is 0.935. The van der Waals surface area contributed by atoms with Crippen molar-refractivity contribution >= 4 is 17.9 Å². The molecule has 0 radical (unpaired) electrons. The molecule has 0 fully saturated rings. The summed E-state index contributed by atoms with van der Waals surface area (Å²) < 4.78 is 16.6. The molecule has 0 aliphatic heterocycles. The van der Waals surface area contributed by atoms with Gasteiger partial charge in [0.05, 0.1) is 0 Å². The predicted octanol–water partition coefficient (Wildman–Crippen LogP) is 14.3. The average Bonchev–Trinajstić information content (AvgIpc) is 3.12. The number of hydrogen-bond donors (Lipinski definition) is 0. The van der Waals surface area contributed by atoms with Gasteiger partial charge in [0.15, 0.2) is 6.10 Å². The number of hydrogen-bond acceptors (Lipinski definition) is 6. The van der Waals surface area contributed by atoms with Crippen molar-refractivity contribution in [2.75, 3.05) is 13.2 Å². The predicted molar refractivity (Wildman–Crippen MR) is 220 cm³/mol. The standard InChI is InChI=1S/C46H88O6/c1-5-7-9-11-12-13-14-20-23-26-30-34-38-45(48)51-41-43(40-50-44(47)37-33-28-10-8-6-2)52-46(49)39-35-31-27-24-21-18-16-15-17-19-22-25-29-32-36-42(3)4/h42-43H,5-41H2,1-4H3/t43-/m0/s1. The third-order valence-corrected chi connectivity index (χ3v) is 10.3. The van der Waals surface area contributed by atoms with E-state index in [2.05, 4.69) is 27.7 Å². The molecule has 52 heavy (non-hydrogen) atoms. The van der Waals surface area contributed by atoms with Crippen LogP contribution in [0.4, 0.5) is 0 Å². The Balaban J connectivity index is 4.16. The molecule has 0 aliphatic carbocycles. The lowest BCUT2D eigenvalue weighted by Crippen LogP contribution is -2.30. The van der Waals surface area contributed by atoms with Gasteiger partial charge < -0.3 is 14.2 Å². The Kier molecular flexibility index (Phi) is 39.4. The monoisotopic (exact) mass is 737 g/mol. The van der Waals surface area contributed by atoms with Crippen LogP contribution in [0.2, 0.25) is 0 Å². The van der Waals surface area contributed by atoms with E-state index in [1.165, 1.54) is 141 Å². The summed E-state index contributed by atoms with van der Waals surface area (Å²) in [6, 6.07) is 0. The molecule has 0 bridgehead atoms. The first-order chi connectivity index (χ1) is 25.4. The first kappa shape index (κ1) is 50.4. The zero-order chi connectivity index (χ0) is 38.2. The van der Waals surface area contributed by atoms with Crippen LogP contribution in [0.25, 0.3) is 0 Å². The molecule has 0 heterocycles. The Morgan fingerprint density at radius 2 is 0.635 bits per heavy atom. The highest BCUT2D eigenvalue weighted by Crippen LogP contribution is 2.16. The second-order valence-corrected chi connectivity index (χ2v) is 16.2. The summed E-state index contributed by atoms with van der Waals surface area (Å²) in [6.07, 6.45) is 39.7. The van der Waals surface area contributed by atoms with Gasteiger partial charge in [0.2, 0.25) is 0 Å². The molecule has 1 atom stereocenters. The second-order valence-electron chi connectivity index (χ2n) is 16.2. The molecule has 6 nitrogen and oxygen atoms in total. The molecule has 0 aromatic rings. The molecule has 6 heteroatoms. The van der Waals surface area contributed by atoms with Gasteiger partial charge in [-0.1, -0.05) is 214 Å². The Morgan fingerprint density at radius 1 is 0.365 bits per heavy atom. The van der Waals surface area contributed by atoms with Crippen molar-refractivity contribution in [3.05, 3.63) is 0 Å². The van der Waals surface area contributed by atoms with Crippen LogP contribution in [0.15, 0.2) is 0 Å². The Hall–Kier alpha value is -1.59. The van der Waals surface area contributed by atoms with Crippen LogP contribution in [0.1, 0.15) is 252 Å². The van der Waals surface area contributed by atoms with E-state index in [4.69, 9.17) is 14.2 Å². The molecule has 0 unspecified atom stereocenters. The van der Waals surface area contributed by atoms with E-state index in [1.54, 1.807) is 0 Å². The summed E-state index contributed by atoms with van der Waals surface area (Å²) in [6.45, 7) is 8.93. The smallest absolute Gasteiger partial charge is 0.306 e. The van der Waals surface area contributed by atoms with Crippen LogP contribution in [0, 0.1) is 5.92 Å². The van der Waals surface area contributed by atoms with E-state index in [0.717, 1.165) is 70.1 Å². The van der Waals surface area contributed by atoms with Crippen molar-refractivity contribution in [2.45, 2.75) is 259 Å². The fourth-order valence-electron chi connectivity index (χ4n) is 6.80. The summed E-state index contributed by atoms with van der Waals surface area (Å²) in [5, 5.41) is 0. The highest BCUT2D eigenvalue weighted by atomic mass is 16.6. The molecule has 0 saturated carbocycles. The molecule has 308 valence electrons. The lowest BCUT2D eigenvalue weighted by Gasteiger charge is -2.18. The summed E-state index contributed by atoms with van der Waals surface area (Å²) in [4.78, 5) is 37.4. The van der Waals surface area contributed by atoms with Crippen LogP contribution in [-0.2, 0) is 28.6 Å². The van der Waals surface area contributed by atoms with Crippen LogP contribution >= 0.6 is 0 Å². The first-order valence-corrected chi connectivity index (χ1v) is 22.9. The molecular formula is C46H88O6. The average molecular weight is 737 g/mol. The molecular weight excluding hydrogens is 648 g/mol. The summed E-state index contributed by atoms with van der Waals surface area (Å²) in [5.41, 5.74) is 0. The summed E-state index contributed by atoms with van der Waals surface area (Å²) in [7, 11) is 0. The Morgan fingerprint density at radius 3 is 0.942 bits per heavy atom. The van der Waals surface area contributed by atoms with Crippen LogP contribution < -0.4 is 0 Å². The van der Waals surface area contributed by atoms with E-state index < -0.39 is 6.10 Å². The maximum atomic E-state index is 12.7. The van der Waals surface area contributed by atoms with E-state index in [0.29, 0.717) is 19.3 Å². The highest BCUT2D eigenvalue weighted by Gasteiger charge is 2.19. The van der Waals surface area contributed by atoms with Gasteiger partial charge in [-0.3, -0.25) is 14.4 Å². The maximum Gasteiger partial charge on any atom is 0.306 e. The van der Waals surface area contributed by atoms with Gasteiger partial charge in [0.25, 0.3) is 0 Å². The first-order valence-electron chi connectivity index (χ1n) is 22.9. The Bertz CT molecular complexity index is 781. The van der Waals surface area contributed by atoms with Gasteiger partial charge in [-0.2, -0.15) is 0 Å². The van der Waals surface area contributed by atoms with Gasteiger partial charge in [0, 0.05) is 19.3 Å². The van der Waals surface area contributed by atoms with Gasteiger partial charge in [-0.25, -0.2) is 0 Å². The van der Waals surface area contributed by atoms with Crippen molar-refractivity contribution in [3.8, 4) is 0 Å². The van der Waals surface area contributed by atoms with Crippen LogP contribution in [-0.4, -0.2) is 37.2 Å². The minimum Gasteiger partial charge on any atom is -0.462 e. The molecule has 0 rings (SSSR count). The quantitative estimate of drug-likeness (QED) is 0.0353. The number of unbranched alkanes of at least 4 members (excludes halogenated alkanes) is 28. The van der Waals surface area contributed by atoms with Gasteiger partial charge in [0.1, 0.15) is 13.2 Å². The van der Waals surface area contributed by atoms with Crippen molar-refractivity contribution in [3.63, 3.8) is 0 Å². The zero-order valence-electron chi connectivity index (χ0n) is 35.3. The fourth-order valence-corrected chi connectivity index (χ4v) is 6.80. The third-order valence-electron chi connectivity index (χ3n) is 10.3.